The van der Waals surface area contributed by atoms with Crippen molar-refractivity contribution in [2.75, 3.05) is 6.61 Å². The van der Waals surface area contributed by atoms with Gasteiger partial charge in [-0.3, -0.25) is 4.79 Å². The molecule has 2 N–H and O–H groups in total. The molecule has 0 spiro atoms. The molecule has 0 bridgehead atoms. The maximum atomic E-state index is 11.4. The molecule has 1 fully saturated rings. The van der Waals surface area contributed by atoms with E-state index in [1.54, 1.807) is 0 Å². The van der Waals surface area contributed by atoms with E-state index < -0.39 is 0 Å². The molecule has 1 saturated carbocycles. The lowest BCUT2D eigenvalue weighted by molar-refractivity contribution is -0.158. The van der Waals surface area contributed by atoms with E-state index in [0.29, 0.717) is 13.0 Å². The van der Waals surface area contributed by atoms with Gasteiger partial charge in [-0.2, -0.15) is 0 Å². The molecule has 94 valence electrons. The van der Waals surface area contributed by atoms with Gasteiger partial charge in [-0.15, -0.1) is 0 Å². The fraction of sp³-hybridized carbons (Fsp3) is 0.917. The minimum Gasteiger partial charge on any atom is -0.466 e. The maximum Gasteiger partial charge on any atom is 0.306 e. The zero-order valence-corrected chi connectivity index (χ0v) is 10.7. The van der Waals surface area contributed by atoms with Gasteiger partial charge >= 0.3 is 5.97 Å². The van der Waals surface area contributed by atoms with E-state index in [2.05, 4.69) is 0 Å². The molecule has 3 atom stereocenters. The maximum absolute atomic E-state index is 11.4. The molecular formula is C12H23NO3. The van der Waals surface area contributed by atoms with Crippen molar-refractivity contribution in [1.29, 1.82) is 0 Å². The van der Waals surface area contributed by atoms with E-state index in [4.69, 9.17) is 15.2 Å². The van der Waals surface area contributed by atoms with Crippen LogP contribution in [0.3, 0.4) is 0 Å². The number of hydrogen-bond acceptors (Lipinski definition) is 4. The SMILES string of the molecule is CCOC(=O)C[C@@H]1[C@@H](N)C[C@H]1OC(C)(C)C. The zero-order valence-electron chi connectivity index (χ0n) is 10.7. The van der Waals surface area contributed by atoms with Crippen molar-refractivity contribution >= 4 is 5.97 Å². The van der Waals surface area contributed by atoms with Gasteiger partial charge in [0.15, 0.2) is 0 Å². The predicted octanol–water partition coefficient (Wildman–Crippen LogP) is 1.47. The van der Waals surface area contributed by atoms with Crippen LogP contribution in [0.1, 0.15) is 40.5 Å². The van der Waals surface area contributed by atoms with Crippen molar-refractivity contribution < 1.29 is 14.3 Å². The van der Waals surface area contributed by atoms with Gasteiger partial charge in [-0.25, -0.2) is 0 Å². The molecule has 16 heavy (non-hydrogen) atoms. The van der Waals surface area contributed by atoms with Crippen LogP contribution in [0.2, 0.25) is 0 Å². The standard InChI is InChI=1S/C12H23NO3/c1-5-15-11(14)6-8-9(13)7-10(8)16-12(2,3)4/h8-10H,5-7,13H2,1-4H3/t8-,9+,10-/m1/s1. The van der Waals surface area contributed by atoms with Gasteiger partial charge in [0.2, 0.25) is 0 Å². The Morgan fingerprint density at radius 3 is 2.50 bits per heavy atom. The number of carbonyl (C=O) groups excluding carboxylic acids is 1. The lowest BCUT2D eigenvalue weighted by atomic mass is 9.74. The van der Waals surface area contributed by atoms with Crippen LogP contribution < -0.4 is 5.73 Å². The van der Waals surface area contributed by atoms with Crippen LogP contribution in [0.25, 0.3) is 0 Å². The molecule has 0 aliphatic heterocycles. The zero-order chi connectivity index (χ0) is 12.3. The highest BCUT2D eigenvalue weighted by Gasteiger charge is 2.42. The van der Waals surface area contributed by atoms with E-state index >= 15 is 0 Å². The van der Waals surface area contributed by atoms with Crippen molar-refractivity contribution in [1.82, 2.24) is 0 Å². The first kappa shape index (κ1) is 13.5. The Morgan fingerprint density at radius 2 is 2.06 bits per heavy atom. The molecule has 4 heteroatoms. The lowest BCUT2D eigenvalue weighted by Gasteiger charge is -2.44. The van der Waals surface area contributed by atoms with Crippen LogP contribution in [-0.2, 0) is 14.3 Å². The van der Waals surface area contributed by atoms with Gasteiger partial charge in [0.05, 0.1) is 24.7 Å². The molecular weight excluding hydrogens is 206 g/mol. The Bertz CT molecular complexity index is 247. The summed E-state index contributed by atoms with van der Waals surface area (Å²) in [6.07, 6.45) is 1.30. The lowest BCUT2D eigenvalue weighted by Crippen LogP contribution is -2.55. The van der Waals surface area contributed by atoms with E-state index in [0.717, 1.165) is 6.42 Å². The quantitative estimate of drug-likeness (QED) is 0.742. The van der Waals surface area contributed by atoms with Crippen molar-refractivity contribution in [3.63, 3.8) is 0 Å². The average molecular weight is 229 g/mol. The molecule has 0 amide bonds. The fourth-order valence-corrected chi connectivity index (χ4v) is 1.98. The van der Waals surface area contributed by atoms with Gasteiger partial charge in [-0.05, 0) is 34.1 Å². The highest BCUT2D eigenvalue weighted by molar-refractivity contribution is 5.70. The molecule has 0 aromatic rings. The molecule has 1 rings (SSSR count). The number of rotatable bonds is 4. The highest BCUT2D eigenvalue weighted by atomic mass is 16.5. The van der Waals surface area contributed by atoms with Crippen molar-refractivity contribution in [2.24, 2.45) is 11.7 Å². The van der Waals surface area contributed by atoms with Crippen LogP contribution in [0, 0.1) is 5.92 Å². The molecule has 1 aliphatic rings. The number of carbonyl (C=O) groups is 1. The summed E-state index contributed by atoms with van der Waals surface area (Å²) >= 11 is 0. The second-order valence-electron chi connectivity index (χ2n) is 5.34. The Balaban J connectivity index is 2.42. The summed E-state index contributed by atoms with van der Waals surface area (Å²) in [5.74, 6) is -0.0663. The van der Waals surface area contributed by atoms with Crippen LogP contribution in [0.5, 0.6) is 0 Å². The first-order chi connectivity index (χ1) is 7.33. The van der Waals surface area contributed by atoms with Crippen LogP contribution in [0.15, 0.2) is 0 Å². The van der Waals surface area contributed by atoms with Gasteiger partial charge in [-0.1, -0.05) is 0 Å². The van der Waals surface area contributed by atoms with Gasteiger partial charge in [0.1, 0.15) is 0 Å². The molecule has 0 unspecified atom stereocenters. The van der Waals surface area contributed by atoms with Crippen molar-refractivity contribution in [3.05, 3.63) is 0 Å². The second-order valence-corrected chi connectivity index (χ2v) is 5.34. The minimum atomic E-state index is -0.183. The Hall–Kier alpha value is -0.610. The summed E-state index contributed by atoms with van der Waals surface area (Å²) in [5.41, 5.74) is 5.71. The van der Waals surface area contributed by atoms with Crippen LogP contribution in [-0.4, -0.2) is 30.3 Å². The van der Waals surface area contributed by atoms with E-state index in [9.17, 15) is 4.79 Å². The topological polar surface area (TPSA) is 61.5 Å². The average Bonchev–Trinajstić information content (AvgIpc) is 2.12. The summed E-state index contributed by atoms with van der Waals surface area (Å²) in [7, 11) is 0. The second kappa shape index (κ2) is 5.15. The number of nitrogens with two attached hydrogens (primary N) is 1. The third-order valence-corrected chi connectivity index (χ3v) is 2.74. The van der Waals surface area contributed by atoms with Gasteiger partial charge in [0, 0.05) is 12.0 Å². The summed E-state index contributed by atoms with van der Waals surface area (Å²) in [6, 6.07) is 0.0664. The largest absolute Gasteiger partial charge is 0.466 e. The fourth-order valence-electron chi connectivity index (χ4n) is 1.98. The van der Waals surface area contributed by atoms with Crippen LogP contribution >= 0.6 is 0 Å². The van der Waals surface area contributed by atoms with Crippen LogP contribution in [0.4, 0.5) is 0 Å². The van der Waals surface area contributed by atoms with E-state index in [1.165, 1.54) is 0 Å². The van der Waals surface area contributed by atoms with Crippen molar-refractivity contribution in [2.45, 2.75) is 58.3 Å². The molecule has 0 radical (unpaired) electrons. The number of esters is 1. The monoisotopic (exact) mass is 229 g/mol. The van der Waals surface area contributed by atoms with Gasteiger partial charge in [0.25, 0.3) is 0 Å². The first-order valence-corrected chi connectivity index (χ1v) is 5.92. The Morgan fingerprint density at radius 1 is 1.44 bits per heavy atom. The Kier molecular flexibility index (Phi) is 4.33. The van der Waals surface area contributed by atoms with E-state index in [1.807, 2.05) is 27.7 Å². The molecule has 0 saturated heterocycles. The van der Waals surface area contributed by atoms with E-state index in [-0.39, 0.29) is 29.6 Å². The summed E-state index contributed by atoms with van der Waals surface area (Å²) in [5, 5.41) is 0. The predicted molar refractivity (Wildman–Crippen MR) is 62.0 cm³/mol. The minimum absolute atomic E-state index is 0.0664. The first-order valence-electron chi connectivity index (χ1n) is 5.92. The molecule has 0 aromatic heterocycles. The normalized spacial score (nSPS) is 29.7. The number of hydrogen-bond donors (Lipinski definition) is 1. The van der Waals surface area contributed by atoms with Crippen molar-refractivity contribution in [3.8, 4) is 0 Å². The smallest absolute Gasteiger partial charge is 0.306 e. The van der Waals surface area contributed by atoms with Gasteiger partial charge < -0.3 is 15.2 Å². The third kappa shape index (κ3) is 3.76. The summed E-state index contributed by atoms with van der Waals surface area (Å²) < 4.78 is 10.8. The third-order valence-electron chi connectivity index (χ3n) is 2.74. The molecule has 4 nitrogen and oxygen atoms in total. The Labute approximate surface area is 97.5 Å². The highest BCUT2D eigenvalue weighted by Crippen LogP contribution is 2.35. The summed E-state index contributed by atoms with van der Waals surface area (Å²) in [6.45, 7) is 8.27. The number of ether oxygens (including phenoxy) is 2. The molecule has 1 aliphatic carbocycles. The molecule has 0 aromatic carbocycles. The molecule has 0 heterocycles. The summed E-state index contributed by atoms with van der Waals surface area (Å²) in [4.78, 5) is 11.4.